The molecule has 28 heavy (non-hydrogen) atoms. The molecule has 0 aliphatic carbocycles. The minimum Gasteiger partial charge on any atom is -0.383 e. The van der Waals surface area contributed by atoms with Crippen LogP contribution in [0.25, 0.3) is 22.4 Å². The van der Waals surface area contributed by atoms with Crippen LogP contribution in [0.5, 0.6) is 0 Å². The number of carbonyl (C=O) groups excluding carboxylic acids is 1. The van der Waals surface area contributed by atoms with E-state index >= 15 is 0 Å². The van der Waals surface area contributed by atoms with Crippen molar-refractivity contribution in [1.29, 1.82) is 5.26 Å². The zero-order chi connectivity index (χ0) is 19.9. The van der Waals surface area contributed by atoms with Crippen molar-refractivity contribution in [3.05, 3.63) is 42.2 Å². The summed E-state index contributed by atoms with van der Waals surface area (Å²) < 4.78 is 6.63. The summed E-state index contributed by atoms with van der Waals surface area (Å²) in [4.78, 5) is 21.3. The van der Waals surface area contributed by atoms with Crippen LogP contribution in [0.2, 0.25) is 0 Å². The van der Waals surface area contributed by atoms with E-state index in [-0.39, 0.29) is 12.3 Å². The molecule has 0 radical (unpaired) electrons. The summed E-state index contributed by atoms with van der Waals surface area (Å²) in [5, 5.41) is 16.2. The molecule has 2 heterocycles. The van der Waals surface area contributed by atoms with Gasteiger partial charge in [-0.05, 0) is 0 Å². The highest BCUT2D eigenvalue weighted by Gasteiger charge is 2.19. The molecular formula is C20H22N6O2. The number of amides is 1. The lowest BCUT2D eigenvalue weighted by molar-refractivity contribution is -0.116. The minimum absolute atomic E-state index is 0.180. The second-order valence-corrected chi connectivity index (χ2v) is 6.23. The number of carbonyl (C=O) groups is 1. The number of ether oxygens (including phenoxy) is 1. The monoisotopic (exact) mass is 378 g/mol. The fourth-order valence-electron chi connectivity index (χ4n) is 2.89. The lowest BCUT2D eigenvalue weighted by Crippen LogP contribution is -2.24. The minimum atomic E-state index is -0.180. The van der Waals surface area contributed by atoms with E-state index in [4.69, 9.17) is 4.74 Å². The Morgan fingerprint density at radius 1 is 1.29 bits per heavy atom. The number of methoxy groups -OCH3 is 1. The Hall–Kier alpha value is -3.28. The maximum Gasteiger partial charge on any atom is 0.225 e. The summed E-state index contributed by atoms with van der Waals surface area (Å²) in [6, 6.07) is 11.8. The van der Waals surface area contributed by atoms with Crippen molar-refractivity contribution in [3.8, 4) is 17.5 Å². The summed E-state index contributed by atoms with van der Waals surface area (Å²) in [5.74, 6) is 0.388. The first-order valence-electron chi connectivity index (χ1n) is 8.96. The quantitative estimate of drug-likeness (QED) is 0.582. The average Bonchev–Trinajstić information content (AvgIpc) is 2.99. The van der Waals surface area contributed by atoms with Gasteiger partial charge >= 0.3 is 0 Å². The zero-order valence-electron chi connectivity index (χ0n) is 15.9. The Kier molecular flexibility index (Phi) is 6.32. The molecular weight excluding hydrogens is 356 g/mol. The molecule has 2 N–H and O–H groups in total. The van der Waals surface area contributed by atoms with Crippen LogP contribution in [0.1, 0.15) is 12.1 Å². The second kappa shape index (κ2) is 9.08. The Bertz CT molecular complexity index is 1010. The predicted molar refractivity (Wildman–Crippen MR) is 107 cm³/mol. The molecule has 0 fully saturated rings. The molecule has 0 aliphatic rings. The lowest BCUT2D eigenvalue weighted by Gasteiger charge is -2.06. The largest absolute Gasteiger partial charge is 0.383 e. The molecule has 3 rings (SSSR count). The van der Waals surface area contributed by atoms with Crippen molar-refractivity contribution in [2.24, 2.45) is 7.05 Å². The van der Waals surface area contributed by atoms with Gasteiger partial charge in [0.15, 0.2) is 5.82 Å². The van der Waals surface area contributed by atoms with Crippen LogP contribution in [0, 0.1) is 11.3 Å². The van der Waals surface area contributed by atoms with Gasteiger partial charge in [0.25, 0.3) is 0 Å². The summed E-state index contributed by atoms with van der Waals surface area (Å²) >= 11 is 0. The van der Waals surface area contributed by atoms with Crippen LogP contribution in [-0.2, 0) is 16.6 Å². The van der Waals surface area contributed by atoms with E-state index in [9.17, 15) is 10.1 Å². The summed E-state index contributed by atoms with van der Waals surface area (Å²) in [7, 11) is 3.38. The molecule has 3 aromatic rings. The number of rotatable bonds is 8. The molecule has 0 saturated carbocycles. The number of aryl methyl sites for hydroxylation is 1. The summed E-state index contributed by atoms with van der Waals surface area (Å²) in [6.07, 6.45) is 1.94. The van der Waals surface area contributed by atoms with E-state index in [0.717, 1.165) is 5.56 Å². The van der Waals surface area contributed by atoms with Crippen LogP contribution in [0.3, 0.4) is 0 Å². The van der Waals surface area contributed by atoms with Gasteiger partial charge in [-0.25, -0.2) is 9.97 Å². The van der Waals surface area contributed by atoms with Gasteiger partial charge in [0.05, 0.1) is 17.7 Å². The van der Waals surface area contributed by atoms with Crippen molar-refractivity contribution >= 4 is 22.6 Å². The molecule has 0 atom stereocenters. The third-order valence-electron chi connectivity index (χ3n) is 4.34. The molecule has 1 amide bonds. The smallest absolute Gasteiger partial charge is 0.225 e. The fourth-order valence-corrected chi connectivity index (χ4v) is 2.89. The van der Waals surface area contributed by atoms with Crippen LogP contribution < -0.4 is 10.6 Å². The highest BCUT2D eigenvalue weighted by atomic mass is 16.5. The first-order chi connectivity index (χ1) is 13.7. The van der Waals surface area contributed by atoms with Crippen LogP contribution in [0.15, 0.2) is 36.5 Å². The maximum absolute atomic E-state index is 12.3. The molecule has 0 spiro atoms. The molecule has 0 saturated heterocycles. The first-order valence-corrected chi connectivity index (χ1v) is 8.96. The van der Waals surface area contributed by atoms with E-state index in [0.29, 0.717) is 47.9 Å². The zero-order valence-corrected chi connectivity index (χ0v) is 15.9. The van der Waals surface area contributed by atoms with Gasteiger partial charge in [0, 0.05) is 45.4 Å². The molecule has 8 nitrogen and oxygen atoms in total. The van der Waals surface area contributed by atoms with Gasteiger partial charge in [-0.15, -0.1) is 0 Å². The van der Waals surface area contributed by atoms with Gasteiger partial charge < -0.3 is 19.9 Å². The number of hydrogen-bond donors (Lipinski definition) is 2. The van der Waals surface area contributed by atoms with E-state index in [1.54, 1.807) is 24.9 Å². The van der Waals surface area contributed by atoms with Crippen molar-refractivity contribution in [2.45, 2.75) is 6.42 Å². The lowest BCUT2D eigenvalue weighted by atomic mass is 10.2. The Morgan fingerprint density at radius 2 is 2.07 bits per heavy atom. The normalized spacial score (nSPS) is 10.8. The highest BCUT2D eigenvalue weighted by Crippen LogP contribution is 2.30. The van der Waals surface area contributed by atoms with Crippen molar-refractivity contribution in [1.82, 2.24) is 19.9 Å². The van der Waals surface area contributed by atoms with E-state index in [2.05, 4.69) is 26.7 Å². The average molecular weight is 378 g/mol. The molecule has 0 aliphatic heterocycles. The Morgan fingerprint density at radius 3 is 2.79 bits per heavy atom. The van der Waals surface area contributed by atoms with Gasteiger partial charge in [0.1, 0.15) is 17.4 Å². The molecule has 1 aromatic carbocycles. The van der Waals surface area contributed by atoms with Crippen LogP contribution >= 0.6 is 0 Å². The number of benzene rings is 1. The molecule has 8 heteroatoms. The summed E-state index contributed by atoms with van der Waals surface area (Å²) in [5.41, 5.74) is 2.27. The maximum atomic E-state index is 12.3. The number of nitrogens with zero attached hydrogens (tertiary/aromatic N) is 4. The third kappa shape index (κ3) is 4.17. The number of hydrogen-bond acceptors (Lipinski definition) is 6. The molecule has 144 valence electrons. The number of nitrogens with one attached hydrogen (secondary N) is 2. The van der Waals surface area contributed by atoms with Gasteiger partial charge in [-0.3, -0.25) is 4.79 Å². The van der Waals surface area contributed by atoms with Gasteiger partial charge in [-0.2, -0.15) is 5.26 Å². The SMILES string of the molecule is COCCNCCC(=O)Nc1c(C#N)n(C)c2nc(-c3ccccc3)ncc12. The number of aromatic nitrogens is 3. The second-order valence-electron chi connectivity index (χ2n) is 6.23. The Balaban J connectivity index is 1.84. The van der Waals surface area contributed by atoms with Crippen LogP contribution in [-0.4, -0.2) is 47.2 Å². The molecule has 2 aromatic heterocycles. The van der Waals surface area contributed by atoms with Crippen molar-refractivity contribution in [2.75, 3.05) is 32.1 Å². The fraction of sp³-hybridized carbons (Fsp3) is 0.300. The standard InChI is InChI=1S/C20H22N6O2/c1-26-16(12-21)18(24-17(27)8-9-22-10-11-28-2)15-13-23-19(25-20(15)26)14-6-4-3-5-7-14/h3-7,13,22H,8-11H2,1-2H3,(H,24,27). The number of nitriles is 1. The van der Waals surface area contributed by atoms with E-state index in [1.807, 2.05) is 30.3 Å². The molecule has 0 unspecified atom stereocenters. The van der Waals surface area contributed by atoms with Gasteiger partial charge in [-0.1, -0.05) is 30.3 Å². The van der Waals surface area contributed by atoms with Crippen LogP contribution in [0.4, 0.5) is 5.69 Å². The Labute approximate surface area is 163 Å². The summed E-state index contributed by atoms with van der Waals surface area (Å²) in [6.45, 7) is 1.79. The van der Waals surface area contributed by atoms with E-state index in [1.165, 1.54) is 0 Å². The first kappa shape index (κ1) is 19.5. The predicted octanol–water partition coefficient (Wildman–Crippen LogP) is 2.07. The van der Waals surface area contributed by atoms with Crippen molar-refractivity contribution < 1.29 is 9.53 Å². The number of anilines is 1. The highest BCUT2D eigenvalue weighted by molar-refractivity contribution is 6.03. The molecule has 0 bridgehead atoms. The van der Waals surface area contributed by atoms with E-state index < -0.39 is 0 Å². The van der Waals surface area contributed by atoms with Crippen molar-refractivity contribution in [3.63, 3.8) is 0 Å². The topological polar surface area (TPSA) is 105 Å². The number of fused-ring (bicyclic) bond motifs is 1. The van der Waals surface area contributed by atoms with Gasteiger partial charge in [0.2, 0.25) is 5.91 Å². The third-order valence-corrected chi connectivity index (χ3v) is 4.34.